The number of hydrogen-bond donors (Lipinski definition) is 1. The molecule has 1 aromatic carbocycles. The molecule has 1 fully saturated rings. The average Bonchev–Trinajstić information content (AvgIpc) is 2.79. The van der Waals surface area contributed by atoms with E-state index >= 15 is 0 Å². The predicted molar refractivity (Wildman–Crippen MR) is 68.1 cm³/mol. The molecular formula is C13H13N3O2. The van der Waals surface area contributed by atoms with E-state index in [1.807, 2.05) is 24.4 Å². The Hall–Kier alpha value is -2.01. The summed E-state index contributed by atoms with van der Waals surface area (Å²) in [4.78, 5) is 6.65. The minimum absolute atomic E-state index is 0.260. The molecule has 18 heavy (non-hydrogen) atoms. The van der Waals surface area contributed by atoms with Crippen LogP contribution in [0.25, 0.3) is 10.8 Å². The van der Waals surface area contributed by atoms with E-state index in [9.17, 15) is 0 Å². The van der Waals surface area contributed by atoms with E-state index in [2.05, 4.69) is 9.88 Å². The molecule has 92 valence electrons. The first-order chi connectivity index (χ1) is 8.81. The minimum Gasteiger partial charge on any atom is -0.454 e. The largest absolute Gasteiger partial charge is 0.454 e. The minimum atomic E-state index is 0.260. The van der Waals surface area contributed by atoms with Crippen LogP contribution < -0.4 is 20.1 Å². The van der Waals surface area contributed by atoms with Gasteiger partial charge in [-0.1, -0.05) is 0 Å². The average molecular weight is 243 g/mol. The van der Waals surface area contributed by atoms with Crippen LogP contribution in [0.1, 0.15) is 0 Å². The van der Waals surface area contributed by atoms with Gasteiger partial charge in [0.05, 0.1) is 0 Å². The van der Waals surface area contributed by atoms with E-state index in [1.54, 1.807) is 0 Å². The SMILES string of the molecule is NC1CN(c2nccc3cc4c(cc23)OCO4)C1. The van der Waals surface area contributed by atoms with Crippen LogP contribution >= 0.6 is 0 Å². The summed E-state index contributed by atoms with van der Waals surface area (Å²) in [5.74, 6) is 2.58. The van der Waals surface area contributed by atoms with Gasteiger partial charge >= 0.3 is 0 Å². The van der Waals surface area contributed by atoms with Gasteiger partial charge in [-0.2, -0.15) is 0 Å². The molecule has 0 bridgehead atoms. The normalized spacial score (nSPS) is 18.2. The van der Waals surface area contributed by atoms with Crippen molar-refractivity contribution in [3.05, 3.63) is 24.4 Å². The lowest BCUT2D eigenvalue weighted by Gasteiger charge is -2.38. The van der Waals surface area contributed by atoms with Crippen LogP contribution in [0.2, 0.25) is 0 Å². The quantitative estimate of drug-likeness (QED) is 0.813. The highest BCUT2D eigenvalue weighted by Crippen LogP contribution is 2.39. The summed E-state index contributed by atoms with van der Waals surface area (Å²) in [6.45, 7) is 2.02. The molecule has 1 aromatic heterocycles. The molecule has 2 aromatic rings. The summed E-state index contributed by atoms with van der Waals surface area (Å²) < 4.78 is 10.8. The topological polar surface area (TPSA) is 60.6 Å². The smallest absolute Gasteiger partial charge is 0.231 e. The van der Waals surface area contributed by atoms with Crippen molar-refractivity contribution in [3.8, 4) is 11.5 Å². The third-order valence-electron chi connectivity index (χ3n) is 3.45. The zero-order valence-corrected chi connectivity index (χ0v) is 9.80. The Kier molecular flexibility index (Phi) is 1.93. The van der Waals surface area contributed by atoms with Crippen molar-refractivity contribution in [2.45, 2.75) is 6.04 Å². The summed E-state index contributed by atoms with van der Waals surface area (Å²) in [6.07, 6.45) is 1.82. The fraction of sp³-hybridized carbons (Fsp3) is 0.308. The van der Waals surface area contributed by atoms with E-state index < -0.39 is 0 Å². The maximum Gasteiger partial charge on any atom is 0.231 e. The number of ether oxygens (including phenoxy) is 2. The third kappa shape index (κ3) is 1.34. The zero-order chi connectivity index (χ0) is 12.1. The molecule has 1 saturated heterocycles. The number of pyridine rings is 1. The molecule has 0 radical (unpaired) electrons. The van der Waals surface area contributed by atoms with E-state index in [-0.39, 0.29) is 6.04 Å². The van der Waals surface area contributed by atoms with E-state index in [0.29, 0.717) is 6.79 Å². The van der Waals surface area contributed by atoms with Crippen molar-refractivity contribution in [3.63, 3.8) is 0 Å². The molecular weight excluding hydrogens is 230 g/mol. The molecule has 2 aliphatic rings. The second-order valence-electron chi connectivity index (χ2n) is 4.73. The van der Waals surface area contributed by atoms with Crippen LogP contribution in [0.5, 0.6) is 11.5 Å². The molecule has 3 heterocycles. The molecule has 5 heteroatoms. The van der Waals surface area contributed by atoms with E-state index in [1.165, 1.54) is 0 Å². The fourth-order valence-electron chi connectivity index (χ4n) is 2.48. The highest BCUT2D eigenvalue weighted by atomic mass is 16.7. The second-order valence-corrected chi connectivity index (χ2v) is 4.73. The highest BCUT2D eigenvalue weighted by molar-refractivity contribution is 5.95. The molecule has 0 saturated carbocycles. The predicted octanol–water partition coefficient (Wildman–Crippen LogP) is 1.11. The van der Waals surface area contributed by atoms with Crippen molar-refractivity contribution in [2.24, 2.45) is 5.73 Å². The van der Waals surface area contributed by atoms with Crippen molar-refractivity contribution >= 4 is 16.6 Å². The monoisotopic (exact) mass is 243 g/mol. The van der Waals surface area contributed by atoms with Gasteiger partial charge in [0.1, 0.15) is 5.82 Å². The van der Waals surface area contributed by atoms with Gasteiger partial charge in [0.2, 0.25) is 6.79 Å². The highest BCUT2D eigenvalue weighted by Gasteiger charge is 2.26. The summed E-state index contributed by atoms with van der Waals surface area (Å²) in [6, 6.07) is 6.25. The molecule has 2 N–H and O–H groups in total. The Morgan fingerprint density at radius 3 is 2.78 bits per heavy atom. The van der Waals surface area contributed by atoms with Crippen LogP contribution in [-0.4, -0.2) is 30.9 Å². The molecule has 0 atom stereocenters. The van der Waals surface area contributed by atoms with Gasteiger partial charge in [-0.05, 0) is 23.6 Å². The van der Waals surface area contributed by atoms with Gasteiger partial charge in [-0.15, -0.1) is 0 Å². The second kappa shape index (κ2) is 3.49. The summed E-state index contributed by atoms with van der Waals surface area (Å²) in [5.41, 5.74) is 5.83. The first kappa shape index (κ1) is 9.96. The summed E-state index contributed by atoms with van der Waals surface area (Å²) >= 11 is 0. The third-order valence-corrected chi connectivity index (χ3v) is 3.45. The molecule has 0 unspecified atom stereocenters. The van der Waals surface area contributed by atoms with Crippen molar-refractivity contribution < 1.29 is 9.47 Å². The van der Waals surface area contributed by atoms with Gasteiger partial charge < -0.3 is 20.1 Å². The Morgan fingerprint density at radius 2 is 2.00 bits per heavy atom. The molecule has 5 nitrogen and oxygen atoms in total. The Morgan fingerprint density at radius 1 is 1.22 bits per heavy atom. The van der Waals surface area contributed by atoms with Gasteiger partial charge in [0.15, 0.2) is 11.5 Å². The van der Waals surface area contributed by atoms with Gasteiger partial charge in [-0.3, -0.25) is 0 Å². The van der Waals surface area contributed by atoms with Gasteiger partial charge in [-0.25, -0.2) is 4.98 Å². The number of fused-ring (bicyclic) bond motifs is 2. The lowest BCUT2D eigenvalue weighted by Crippen LogP contribution is -2.56. The summed E-state index contributed by atoms with van der Waals surface area (Å²) in [5, 5.41) is 2.21. The zero-order valence-electron chi connectivity index (χ0n) is 9.80. The lowest BCUT2D eigenvalue weighted by atomic mass is 10.1. The fourth-order valence-corrected chi connectivity index (χ4v) is 2.48. The molecule has 0 spiro atoms. The Bertz CT molecular complexity index is 623. The van der Waals surface area contributed by atoms with Gasteiger partial charge in [0.25, 0.3) is 0 Å². The van der Waals surface area contributed by atoms with Crippen LogP contribution in [0, 0.1) is 0 Å². The Balaban J connectivity index is 1.88. The van der Waals surface area contributed by atoms with Crippen molar-refractivity contribution in [2.75, 3.05) is 24.8 Å². The standard InChI is InChI=1S/C13H13N3O2/c14-9-5-16(6-9)13-10-4-12-11(17-7-18-12)3-8(10)1-2-15-13/h1-4,9H,5-7,14H2. The Labute approximate surface area is 104 Å². The lowest BCUT2D eigenvalue weighted by molar-refractivity contribution is 0.174. The molecule has 0 aliphatic carbocycles. The van der Waals surface area contributed by atoms with E-state index in [4.69, 9.17) is 15.2 Å². The molecule has 0 amide bonds. The van der Waals surface area contributed by atoms with Crippen LogP contribution in [0.3, 0.4) is 0 Å². The van der Waals surface area contributed by atoms with E-state index in [0.717, 1.165) is 41.2 Å². The van der Waals surface area contributed by atoms with Gasteiger partial charge in [0, 0.05) is 30.7 Å². The maximum atomic E-state index is 5.83. The number of aromatic nitrogens is 1. The number of anilines is 1. The van der Waals surface area contributed by atoms with Crippen molar-refractivity contribution in [1.29, 1.82) is 0 Å². The molecule has 2 aliphatic heterocycles. The number of hydrogen-bond acceptors (Lipinski definition) is 5. The van der Waals surface area contributed by atoms with Crippen molar-refractivity contribution in [1.82, 2.24) is 4.98 Å². The first-order valence-corrected chi connectivity index (χ1v) is 6.00. The van der Waals surface area contributed by atoms with Crippen LogP contribution in [0.4, 0.5) is 5.82 Å². The summed E-state index contributed by atoms with van der Waals surface area (Å²) in [7, 11) is 0. The maximum absolute atomic E-state index is 5.83. The van der Waals surface area contributed by atoms with Crippen LogP contribution in [-0.2, 0) is 0 Å². The number of nitrogens with two attached hydrogens (primary N) is 1. The number of nitrogens with zero attached hydrogens (tertiary/aromatic N) is 2. The van der Waals surface area contributed by atoms with Crippen LogP contribution in [0.15, 0.2) is 24.4 Å². The first-order valence-electron chi connectivity index (χ1n) is 6.00. The number of benzene rings is 1. The molecule has 4 rings (SSSR count). The number of rotatable bonds is 1.